The molecule has 1 aliphatic heterocycles. The van der Waals surface area contributed by atoms with Crippen LogP contribution in [0.3, 0.4) is 0 Å². The summed E-state index contributed by atoms with van der Waals surface area (Å²) in [5.74, 6) is 0.0737. The summed E-state index contributed by atoms with van der Waals surface area (Å²) in [4.78, 5) is 18.2. The summed E-state index contributed by atoms with van der Waals surface area (Å²) in [5.41, 5.74) is 7.24. The number of benzene rings is 1. The summed E-state index contributed by atoms with van der Waals surface area (Å²) in [5, 5.41) is 2.11. The van der Waals surface area contributed by atoms with E-state index in [2.05, 4.69) is 22.4 Å². The van der Waals surface area contributed by atoms with Gasteiger partial charge in [-0.25, -0.2) is 0 Å². The smallest absolute Gasteiger partial charge is 0.239 e. The molecule has 122 valence electrons. The van der Waals surface area contributed by atoms with Crippen LogP contribution in [0.15, 0.2) is 47.8 Å². The molecule has 0 radical (unpaired) electrons. The van der Waals surface area contributed by atoms with E-state index in [9.17, 15) is 4.79 Å². The van der Waals surface area contributed by atoms with Gasteiger partial charge in [-0.2, -0.15) is 0 Å². The summed E-state index contributed by atoms with van der Waals surface area (Å²) in [6.45, 7) is 4.36. The Bertz CT molecular complexity index is 606. The summed E-state index contributed by atoms with van der Waals surface area (Å²) in [7, 11) is 0. The van der Waals surface area contributed by atoms with Crippen LogP contribution in [0.4, 0.5) is 0 Å². The molecule has 1 atom stereocenters. The van der Waals surface area contributed by atoms with Crippen molar-refractivity contribution in [3.05, 3.63) is 58.3 Å². The van der Waals surface area contributed by atoms with Crippen LogP contribution in [0, 0.1) is 0 Å². The van der Waals surface area contributed by atoms with E-state index in [0.717, 1.165) is 38.3 Å². The Labute approximate surface area is 141 Å². The molecule has 2 aromatic rings. The van der Waals surface area contributed by atoms with Crippen molar-refractivity contribution in [2.75, 3.05) is 26.2 Å². The molecule has 0 spiro atoms. The molecule has 0 aliphatic carbocycles. The van der Waals surface area contributed by atoms with Gasteiger partial charge < -0.3 is 10.6 Å². The first-order valence-electron chi connectivity index (χ1n) is 8.05. The van der Waals surface area contributed by atoms with Crippen molar-refractivity contribution in [2.24, 2.45) is 5.73 Å². The van der Waals surface area contributed by atoms with Crippen molar-refractivity contribution in [3.63, 3.8) is 0 Å². The quantitative estimate of drug-likeness (QED) is 0.912. The van der Waals surface area contributed by atoms with Gasteiger partial charge in [0.2, 0.25) is 5.91 Å². The van der Waals surface area contributed by atoms with E-state index in [1.807, 2.05) is 35.2 Å². The van der Waals surface area contributed by atoms with Crippen LogP contribution in [-0.2, 0) is 17.8 Å². The second-order valence-corrected chi connectivity index (χ2v) is 7.01. The summed E-state index contributed by atoms with van der Waals surface area (Å²) in [6, 6.07) is 13.8. The zero-order valence-corrected chi connectivity index (χ0v) is 14.0. The van der Waals surface area contributed by atoms with E-state index < -0.39 is 6.04 Å². The van der Waals surface area contributed by atoms with E-state index >= 15 is 0 Å². The van der Waals surface area contributed by atoms with Gasteiger partial charge in [0, 0.05) is 37.6 Å². The van der Waals surface area contributed by atoms with Crippen molar-refractivity contribution in [3.8, 4) is 0 Å². The van der Waals surface area contributed by atoms with Crippen molar-refractivity contribution in [1.82, 2.24) is 9.80 Å². The van der Waals surface area contributed by atoms with Crippen LogP contribution in [0.5, 0.6) is 0 Å². The number of amides is 1. The number of nitrogens with zero attached hydrogens (tertiary/aromatic N) is 2. The van der Waals surface area contributed by atoms with Gasteiger partial charge in [0.05, 0.1) is 6.04 Å². The molecule has 1 saturated heterocycles. The number of carbonyl (C=O) groups is 1. The van der Waals surface area contributed by atoms with Gasteiger partial charge in [-0.15, -0.1) is 11.3 Å². The molecule has 23 heavy (non-hydrogen) atoms. The largest absolute Gasteiger partial charge is 0.339 e. The lowest BCUT2D eigenvalue weighted by Crippen LogP contribution is -2.53. The van der Waals surface area contributed by atoms with Crippen LogP contribution >= 0.6 is 11.3 Å². The SMILES string of the molecule is N[C@@H](Cc1ccccc1)C(=O)N1CCN(Cc2cccs2)CC1. The molecule has 0 bridgehead atoms. The van der Waals surface area contributed by atoms with Gasteiger partial charge in [0.1, 0.15) is 0 Å². The lowest BCUT2D eigenvalue weighted by molar-refractivity contribution is -0.134. The molecule has 3 rings (SSSR count). The first kappa shape index (κ1) is 16.2. The van der Waals surface area contributed by atoms with Crippen LogP contribution in [0.2, 0.25) is 0 Å². The number of carbonyl (C=O) groups excluding carboxylic acids is 1. The van der Waals surface area contributed by atoms with Crippen molar-refractivity contribution in [2.45, 2.75) is 19.0 Å². The van der Waals surface area contributed by atoms with Crippen LogP contribution < -0.4 is 5.73 Å². The topological polar surface area (TPSA) is 49.6 Å². The van der Waals surface area contributed by atoms with E-state index in [-0.39, 0.29) is 5.91 Å². The molecule has 5 heteroatoms. The Morgan fingerprint density at radius 3 is 2.48 bits per heavy atom. The van der Waals surface area contributed by atoms with Crippen LogP contribution in [-0.4, -0.2) is 47.9 Å². The number of piperazine rings is 1. The highest BCUT2D eigenvalue weighted by Crippen LogP contribution is 2.14. The molecule has 2 N–H and O–H groups in total. The normalized spacial score (nSPS) is 17.2. The molecule has 1 aromatic heterocycles. The van der Waals surface area contributed by atoms with Gasteiger partial charge in [0.15, 0.2) is 0 Å². The van der Waals surface area contributed by atoms with Gasteiger partial charge in [0.25, 0.3) is 0 Å². The average Bonchev–Trinajstić information content (AvgIpc) is 3.09. The number of thiophene rings is 1. The number of hydrogen-bond donors (Lipinski definition) is 1. The van der Waals surface area contributed by atoms with E-state index in [1.54, 1.807) is 11.3 Å². The average molecular weight is 329 g/mol. The molecule has 2 heterocycles. The fraction of sp³-hybridized carbons (Fsp3) is 0.389. The monoisotopic (exact) mass is 329 g/mol. The molecule has 1 aliphatic rings. The second-order valence-electron chi connectivity index (χ2n) is 5.98. The standard InChI is InChI=1S/C18H23N3OS/c19-17(13-15-5-2-1-3-6-15)18(22)21-10-8-20(9-11-21)14-16-7-4-12-23-16/h1-7,12,17H,8-11,13-14,19H2/t17-/m0/s1. The van der Waals surface area contributed by atoms with Crippen molar-refractivity contribution in [1.29, 1.82) is 0 Å². The Morgan fingerprint density at radius 1 is 1.09 bits per heavy atom. The van der Waals surface area contributed by atoms with Gasteiger partial charge >= 0.3 is 0 Å². The summed E-state index contributed by atoms with van der Waals surface area (Å²) < 4.78 is 0. The maximum atomic E-state index is 12.5. The minimum atomic E-state index is -0.443. The van der Waals surface area contributed by atoms with Gasteiger partial charge in [-0.1, -0.05) is 36.4 Å². The Hall–Kier alpha value is -1.69. The summed E-state index contributed by atoms with van der Waals surface area (Å²) in [6.07, 6.45) is 0.606. The van der Waals surface area contributed by atoms with Crippen LogP contribution in [0.25, 0.3) is 0 Å². The first-order valence-corrected chi connectivity index (χ1v) is 8.93. The van der Waals surface area contributed by atoms with E-state index in [0.29, 0.717) is 6.42 Å². The van der Waals surface area contributed by atoms with E-state index in [4.69, 9.17) is 5.73 Å². The molecular weight excluding hydrogens is 306 g/mol. The maximum Gasteiger partial charge on any atom is 0.239 e. The van der Waals surface area contributed by atoms with Crippen molar-refractivity contribution >= 4 is 17.2 Å². The minimum absolute atomic E-state index is 0.0737. The highest BCUT2D eigenvalue weighted by molar-refractivity contribution is 7.09. The lowest BCUT2D eigenvalue weighted by atomic mass is 10.1. The second kappa shape index (κ2) is 7.73. The predicted octanol–water partition coefficient (Wildman–Crippen LogP) is 1.96. The number of rotatable bonds is 5. The third-order valence-electron chi connectivity index (χ3n) is 4.26. The molecular formula is C18H23N3OS. The highest BCUT2D eigenvalue weighted by Gasteiger charge is 2.25. The zero-order chi connectivity index (χ0) is 16.1. The molecule has 1 fully saturated rings. The number of nitrogens with two attached hydrogens (primary N) is 1. The van der Waals surface area contributed by atoms with Crippen molar-refractivity contribution < 1.29 is 4.79 Å². The maximum absolute atomic E-state index is 12.5. The fourth-order valence-corrected chi connectivity index (χ4v) is 3.69. The predicted molar refractivity (Wildman–Crippen MR) is 94.3 cm³/mol. The van der Waals surface area contributed by atoms with E-state index in [1.165, 1.54) is 4.88 Å². The zero-order valence-electron chi connectivity index (χ0n) is 13.2. The minimum Gasteiger partial charge on any atom is -0.339 e. The van der Waals surface area contributed by atoms with Crippen LogP contribution in [0.1, 0.15) is 10.4 Å². The third-order valence-corrected chi connectivity index (χ3v) is 5.12. The fourth-order valence-electron chi connectivity index (χ4n) is 2.94. The first-order chi connectivity index (χ1) is 11.2. The van der Waals surface area contributed by atoms with Gasteiger partial charge in [-0.05, 0) is 23.4 Å². The molecule has 1 amide bonds. The Morgan fingerprint density at radius 2 is 1.83 bits per heavy atom. The molecule has 4 nitrogen and oxygen atoms in total. The van der Waals surface area contributed by atoms with Gasteiger partial charge in [-0.3, -0.25) is 9.69 Å². The Kier molecular flexibility index (Phi) is 5.43. The highest BCUT2D eigenvalue weighted by atomic mass is 32.1. The Balaban J connectivity index is 1.47. The third kappa shape index (κ3) is 4.41. The molecule has 0 saturated carbocycles. The number of hydrogen-bond acceptors (Lipinski definition) is 4. The molecule has 0 unspecified atom stereocenters. The molecule has 1 aromatic carbocycles. The summed E-state index contributed by atoms with van der Waals surface area (Å²) >= 11 is 1.79. The lowest BCUT2D eigenvalue weighted by Gasteiger charge is -2.35.